The number of aryl methyl sites for hydroxylation is 2. The fourth-order valence-electron chi connectivity index (χ4n) is 2.09. The number of ether oxygens (including phenoxy) is 1. The summed E-state index contributed by atoms with van der Waals surface area (Å²) in [5.74, 6) is -1.82. The van der Waals surface area contributed by atoms with Gasteiger partial charge in [0.1, 0.15) is 12.1 Å². The van der Waals surface area contributed by atoms with Gasteiger partial charge in [0.25, 0.3) is 11.8 Å². The molecule has 0 aliphatic carbocycles. The summed E-state index contributed by atoms with van der Waals surface area (Å²) in [5.41, 5.74) is 1.42. The Morgan fingerprint density at radius 1 is 1.19 bits per heavy atom. The maximum atomic E-state index is 12.2. The van der Waals surface area contributed by atoms with E-state index in [0.717, 1.165) is 11.1 Å². The molecule has 0 saturated heterocycles. The van der Waals surface area contributed by atoms with E-state index in [2.05, 4.69) is 16.7 Å². The van der Waals surface area contributed by atoms with Crippen LogP contribution in [0, 0.1) is 31.1 Å². The van der Waals surface area contributed by atoms with E-state index >= 15 is 0 Å². The molecule has 0 unspecified atom stereocenters. The quantitative estimate of drug-likeness (QED) is 0.711. The van der Waals surface area contributed by atoms with Crippen molar-refractivity contribution in [3.05, 3.63) is 34.9 Å². The van der Waals surface area contributed by atoms with E-state index in [1.807, 2.05) is 33.8 Å². The third-order valence-electron chi connectivity index (χ3n) is 4.61. The highest BCUT2D eigenvalue weighted by Crippen LogP contribution is 2.15. The first-order valence-electron chi connectivity index (χ1n) is 8.78. The van der Waals surface area contributed by atoms with Crippen molar-refractivity contribution >= 4 is 17.8 Å². The van der Waals surface area contributed by atoms with Gasteiger partial charge in [0.2, 0.25) is 0 Å². The number of benzene rings is 1. The Morgan fingerprint density at radius 3 is 2.33 bits per heavy atom. The molecule has 2 atom stereocenters. The molecule has 0 bridgehead atoms. The zero-order valence-electron chi connectivity index (χ0n) is 16.7. The number of nitrogens with zero attached hydrogens (tertiary/aromatic N) is 1. The van der Waals surface area contributed by atoms with Gasteiger partial charge in [-0.15, -0.1) is 0 Å². The van der Waals surface area contributed by atoms with Gasteiger partial charge in [-0.3, -0.25) is 14.4 Å². The van der Waals surface area contributed by atoms with Crippen LogP contribution >= 0.6 is 0 Å². The molecule has 0 spiro atoms. The molecule has 0 aromatic heterocycles. The van der Waals surface area contributed by atoms with Gasteiger partial charge in [0.15, 0.2) is 6.10 Å². The summed E-state index contributed by atoms with van der Waals surface area (Å²) in [6, 6.07) is 7.29. The predicted molar refractivity (Wildman–Crippen MR) is 101 cm³/mol. The summed E-state index contributed by atoms with van der Waals surface area (Å²) in [6.45, 7) is 10.1. The second-order valence-electron chi connectivity index (χ2n) is 7.07. The molecular weight excluding hydrogens is 346 g/mol. The lowest BCUT2D eigenvalue weighted by Gasteiger charge is -2.28. The SMILES string of the molecule is Cc1ccc(C(=O)NCC(=O)O[C@@H](C)C(=O)N[C@](C)(C#N)C(C)C)cc1C. The molecule has 0 radical (unpaired) electrons. The van der Waals surface area contributed by atoms with Gasteiger partial charge < -0.3 is 15.4 Å². The van der Waals surface area contributed by atoms with Gasteiger partial charge in [0, 0.05) is 5.56 Å². The van der Waals surface area contributed by atoms with Crippen molar-refractivity contribution < 1.29 is 19.1 Å². The molecule has 27 heavy (non-hydrogen) atoms. The lowest BCUT2D eigenvalue weighted by Crippen LogP contribution is -2.52. The van der Waals surface area contributed by atoms with Crippen molar-refractivity contribution in [2.24, 2.45) is 5.92 Å². The van der Waals surface area contributed by atoms with Crippen LogP contribution in [0.25, 0.3) is 0 Å². The molecule has 0 aliphatic heterocycles. The lowest BCUT2D eigenvalue weighted by atomic mass is 9.90. The van der Waals surface area contributed by atoms with Gasteiger partial charge in [-0.2, -0.15) is 5.26 Å². The number of amides is 2. The largest absolute Gasteiger partial charge is 0.451 e. The number of carbonyl (C=O) groups is 3. The Bertz CT molecular complexity index is 767. The first-order chi connectivity index (χ1) is 12.5. The number of hydrogen-bond acceptors (Lipinski definition) is 5. The summed E-state index contributed by atoms with van der Waals surface area (Å²) >= 11 is 0. The van der Waals surface area contributed by atoms with Crippen molar-refractivity contribution in [1.29, 1.82) is 5.26 Å². The maximum absolute atomic E-state index is 12.2. The molecule has 1 aromatic rings. The highest BCUT2D eigenvalue weighted by atomic mass is 16.5. The summed E-state index contributed by atoms with van der Waals surface area (Å²) < 4.78 is 5.04. The van der Waals surface area contributed by atoms with Crippen molar-refractivity contribution in [2.45, 2.75) is 53.2 Å². The molecule has 7 nitrogen and oxygen atoms in total. The fraction of sp³-hybridized carbons (Fsp3) is 0.500. The molecule has 1 aromatic carbocycles. The van der Waals surface area contributed by atoms with E-state index < -0.39 is 29.4 Å². The molecular formula is C20H27N3O4. The normalized spacial score (nSPS) is 13.9. The maximum Gasteiger partial charge on any atom is 0.326 e. The second kappa shape index (κ2) is 9.17. The number of rotatable bonds is 7. The monoisotopic (exact) mass is 373 g/mol. The number of nitriles is 1. The highest BCUT2D eigenvalue weighted by Gasteiger charge is 2.32. The first kappa shape index (κ1) is 22.2. The van der Waals surface area contributed by atoms with E-state index in [1.54, 1.807) is 19.1 Å². The van der Waals surface area contributed by atoms with Crippen LogP contribution in [-0.2, 0) is 14.3 Å². The standard InChI is InChI=1S/C20H27N3O4/c1-12(2)20(6,11-21)23-18(25)15(5)27-17(24)10-22-19(26)16-8-7-13(3)14(4)9-16/h7-9,12,15H,10H2,1-6H3,(H,22,26)(H,23,25)/t15-,20+/m0/s1. The molecule has 0 saturated carbocycles. The van der Waals surface area contributed by atoms with Crippen LogP contribution in [0.15, 0.2) is 18.2 Å². The van der Waals surface area contributed by atoms with Gasteiger partial charge in [0.05, 0.1) is 6.07 Å². The van der Waals surface area contributed by atoms with Gasteiger partial charge in [-0.1, -0.05) is 19.9 Å². The number of esters is 1. The van der Waals surface area contributed by atoms with E-state index in [0.29, 0.717) is 5.56 Å². The highest BCUT2D eigenvalue weighted by molar-refractivity contribution is 5.96. The topological polar surface area (TPSA) is 108 Å². The van der Waals surface area contributed by atoms with E-state index in [-0.39, 0.29) is 12.5 Å². The van der Waals surface area contributed by atoms with Crippen LogP contribution in [0.5, 0.6) is 0 Å². The van der Waals surface area contributed by atoms with E-state index in [9.17, 15) is 19.6 Å². The first-order valence-corrected chi connectivity index (χ1v) is 8.78. The summed E-state index contributed by atoms with van der Waals surface area (Å²) in [7, 11) is 0. The Hall–Kier alpha value is -2.88. The average molecular weight is 373 g/mol. The van der Waals surface area contributed by atoms with Crippen LogP contribution < -0.4 is 10.6 Å². The van der Waals surface area contributed by atoms with E-state index in [1.165, 1.54) is 6.92 Å². The molecule has 0 fully saturated rings. The van der Waals surface area contributed by atoms with Crippen molar-refractivity contribution in [1.82, 2.24) is 10.6 Å². The minimum atomic E-state index is -1.08. The molecule has 0 aliphatic rings. The van der Waals surface area contributed by atoms with Gasteiger partial charge in [-0.05, 0) is 56.9 Å². The lowest BCUT2D eigenvalue weighted by molar-refractivity contribution is -0.154. The van der Waals surface area contributed by atoms with Gasteiger partial charge >= 0.3 is 5.97 Å². The minimum Gasteiger partial charge on any atom is -0.451 e. The van der Waals surface area contributed by atoms with Crippen molar-refractivity contribution in [2.75, 3.05) is 6.54 Å². The predicted octanol–water partition coefficient (Wildman–Crippen LogP) is 2.02. The number of nitrogens with one attached hydrogen (secondary N) is 2. The summed E-state index contributed by atoms with van der Waals surface area (Å²) in [4.78, 5) is 36.2. The molecule has 1 rings (SSSR count). The zero-order chi connectivity index (χ0) is 20.8. The molecule has 146 valence electrons. The third-order valence-corrected chi connectivity index (χ3v) is 4.61. The van der Waals surface area contributed by atoms with Crippen LogP contribution in [-0.4, -0.2) is 36.0 Å². The fourth-order valence-corrected chi connectivity index (χ4v) is 2.09. The number of hydrogen-bond donors (Lipinski definition) is 2. The minimum absolute atomic E-state index is 0.119. The van der Waals surface area contributed by atoms with Crippen LogP contribution in [0.4, 0.5) is 0 Å². The molecule has 7 heteroatoms. The Labute approximate surface area is 160 Å². The second-order valence-corrected chi connectivity index (χ2v) is 7.07. The van der Waals surface area contributed by atoms with Crippen molar-refractivity contribution in [3.63, 3.8) is 0 Å². The zero-order valence-corrected chi connectivity index (χ0v) is 16.7. The number of carbonyl (C=O) groups excluding carboxylic acids is 3. The molecule has 2 N–H and O–H groups in total. The Kier molecular flexibility index (Phi) is 7.53. The van der Waals surface area contributed by atoms with Crippen LogP contribution in [0.1, 0.15) is 49.2 Å². The molecule has 2 amide bonds. The Morgan fingerprint density at radius 2 is 1.81 bits per heavy atom. The van der Waals surface area contributed by atoms with Crippen molar-refractivity contribution in [3.8, 4) is 6.07 Å². The summed E-state index contributed by atoms with van der Waals surface area (Å²) in [6.07, 6.45) is -1.08. The van der Waals surface area contributed by atoms with E-state index in [4.69, 9.17) is 4.74 Å². The van der Waals surface area contributed by atoms with Gasteiger partial charge in [-0.25, -0.2) is 0 Å². The summed E-state index contributed by atoms with van der Waals surface area (Å²) in [5, 5.41) is 14.3. The Balaban J connectivity index is 2.56. The third kappa shape index (κ3) is 6.10. The molecule has 0 heterocycles. The average Bonchev–Trinajstić information content (AvgIpc) is 2.61. The van der Waals surface area contributed by atoms with Crippen LogP contribution in [0.2, 0.25) is 0 Å². The smallest absolute Gasteiger partial charge is 0.326 e. The van der Waals surface area contributed by atoms with Crippen LogP contribution in [0.3, 0.4) is 0 Å².